The molecule has 0 heterocycles. The van der Waals surface area contributed by atoms with Crippen molar-refractivity contribution in [1.29, 1.82) is 0 Å². The Bertz CT molecular complexity index is 490. The van der Waals surface area contributed by atoms with Gasteiger partial charge in [-0.2, -0.15) is 0 Å². The van der Waals surface area contributed by atoms with Crippen LogP contribution in [0, 0.1) is 5.41 Å². The molecule has 0 saturated heterocycles. The van der Waals surface area contributed by atoms with Crippen molar-refractivity contribution in [2.75, 3.05) is 6.61 Å². The first-order valence-corrected chi connectivity index (χ1v) is 7.40. The molecule has 0 aliphatic heterocycles. The summed E-state index contributed by atoms with van der Waals surface area (Å²) in [5.74, 6) is -0.595. The lowest BCUT2D eigenvalue weighted by Gasteiger charge is -2.23. The van der Waals surface area contributed by atoms with Crippen LogP contribution in [-0.4, -0.2) is 18.4 Å². The highest BCUT2D eigenvalue weighted by atomic mass is 16.5. The van der Waals surface area contributed by atoms with Crippen molar-refractivity contribution in [1.82, 2.24) is 0 Å². The molecule has 0 aromatic heterocycles. The van der Waals surface area contributed by atoms with E-state index in [1.54, 1.807) is 6.92 Å². The zero-order valence-corrected chi connectivity index (χ0v) is 13.1. The molecule has 0 aliphatic rings. The highest BCUT2D eigenvalue weighted by Crippen LogP contribution is 2.26. The van der Waals surface area contributed by atoms with Gasteiger partial charge in [0.2, 0.25) is 0 Å². The van der Waals surface area contributed by atoms with E-state index in [1.165, 1.54) is 6.92 Å². The number of ketones is 1. The number of Topliss-reactive ketones (excluding diaryl/α,β-unsaturated/α-hetero) is 1. The lowest BCUT2D eigenvalue weighted by atomic mass is 9.82. The predicted octanol–water partition coefficient (Wildman–Crippen LogP) is 4.03. The quantitative estimate of drug-likeness (QED) is 0.412. The van der Waals surface area contributed by atoms with Crippen LogP contribution in [0.1, 0.15) is 45.6 Å². The van der Waals surface area contributed by atoms with Crippen LogP contribution < -0.4 is 0 Å². The van der Waals surface area contributed by atoms with Gasteiger partial charge >= 0.3 is 5.97 Å². The van der Waals surface area contributed by atoms with Gasteiger partial charge in [0.25, 0.3) is 0 Å². The summed E-state index contributed by atoms with van der Waals surface area (Å²) in [5.41, 5.74) is -0.0540. The van der Waals surface area contributed by atoms with Crippen molar-refractivity contribution in [3.63, 3.8) is 0 Å². The monoisotopic (exact) mass is 288 g/mol. The van der Waals surface area contributed by atoms with Gasteiger partial charge < -0.3 is 4.74 Å². The molecule has 114 valence electrons. The standard InChI is InChI=1S/C18H24O3/c1-4-5-14-21-17(20)18(3,15(2)19)13-9-12-16-10-7-6-8-11-16/h6-12H,4-5,13-14H2,1-3H3/b12-9+/t18-/m0/s1. The largest absolute Gasteiger partial charge is 0.465 e. The van der Waals surface area contributed by atoms with Gasteiger partial charge in [-0.05, 0) is 32.3 Å². The number of rotatable bonds is 8. The van der Waals surface area contributed by atoms with E-state index < -0.39 is 11.4 Å². The third-order valence-corrected chi connectivity index (χ3v) is 3.59. The van der Waals surface area contributed by atoms with E-state index in [2.05, 4.69) is 0 Å². The molecule has 0 radical (unpaired) electrons. The normalized spacial score (nSPS) is 13.9. The minimum absolute atomic E-state index is 0.165. The molecule has 0 spiro atoms. The molecule has 0 unspecified atom stereocenters. The summed E-state index contributed by atoms with van der Waals surface area (Å²) >= 11 is 0. The Morgan fingerprint density at radius 3 is 2.48 bits per heavy atom. The minimum Gasteiger partial charge on any atom is -0.465 e. The van der Waals surface area contributed by atoms with Gasteiger partial charge in [0.15, 0.2) is 0 Å². The molecule has 1 atom stereocenters. The summed E-state index contributed by atoms with van der Waals surface area (Å²) in [6.45, 7) is 5.50. The number of benzene rings is 1. The Morgan fingerprint density at radius 2 is 1.90 bits per heavy atom. The Kier molecular flexibility index (Phi) is 6.86. The topological polar surface area (TPSA) is 43.4 Å². The summed E-state index contributed by atoms with van der Waals surface area (Å²) in [6.07, 6.45) is 5.90. The smallest absolute Gasteiger partial charge is 0.319 e. The van der Waals surface area contributed by atoms with Gasteiger partial charge in [-0.3, -0.25) is 9.59 Å². The van der Waals surface area contributed by atoms with Crippen molar-refractivity contribution < 1.29 is 14.3 Å². The predicted molar refractivity (Wildman–Crippen MR) is 84.7 cm³/mol. The van der Waals surface area contributed by atoms with Crippen LogP contribution in [0.3, 0.4) is 0 Å². The maximum Gasteiger partial charge on any atom is 0.319 e. The molecule has 0 fully saturated rings. The SMILES string of the molecule is CCCCOC(=O)[C@@](C)(C/C=C/c1ccccc1)C(C)=O. The summed E-state index contributed by atoms with van der Waals surface area (Å²) < 4.78 is 5.22. The first-order chi connectivity index (χ1) is 10.0. The number of hydrogen-bond acceptors (Lipinski definition) is 3. The van der Waals surface area contributed by atoms with E-state index in [0.717, 1.165) is 18.4 Å². The van der Waals surface area contributed by atoms with Crippen LogP contribution in [0.2, 0.25) is 0 Å². The second kappa shape index (κ2) is 8.40. The van der Waals surface area contributed by atoms with Gasteiger partial charge in [0.05, 0.1) is 6.61 Å². The number of unbranched alkanes of at least 4 members (excludes halogenated alkanes) is 1. The first-order valence-electron chi connectivity index (χ1n) is 7.40. The number of hydrogen-bond donors (Lipinski definition) is 0. The van der Waals surface area contributed by atoms with Crippen LogP contribution in [-0.2, 0) is 14.3 Å². The molecule has 3 heteroatoms. The molecule has 1 aromatic carbocycles. The molecule has 1 rings (SSSR count). The minimum atomic E-state index is -1.10. The van der Waals surface area contributed by atoms with E-state index >= 15 is 0 Å². The summed E-state index contributed by atoms with van der Waals surface area (Å²) in [4.78, 5) is 24.0. The Balaban J connectivity index is 2.69. The molecular formula is C18H24O3. The average Bonchev–Trinajstić information content (AvgIpc) is 2.48. The van der Waals surface area contributed by atoms with Crippen LogP contribution in [0.25, 0.3) is 6.08 Å². The fourth-order valence-corrected chi connectivity index (χ4v) is 1.83. The number of carbonyl (C=O) groups excluding carboxylic acids is 2. The molecule has 0 amide bonds. The molecule has 1 aromatic rings. The van der Waals surface area contributed by atoms with Crippen molar-refractivity contribution in [2.45, 2.75) is 40.0 Å². The molecule has 0 bridgehead atoms. The van der Waals surface area contributed by atoms with Gasteiger partial charge in [-0.25, -0.2) is 0 Å². The molecular weight excluding hydrogens is 264 g/mol. The maximum atomic E-state index is 12.1. The lowest BCUT2D eigenvalue weighted by molar-refractivity contribution is -0.158. The Morgan fingerprint density at radius 1 is 1.24 bits per heavy atom. The fraction of sp³-hybridized carbons (Fsp3) is 0.444. The van der Waals surface area contributed by atoms with E-state index in [4.69, 9.17) is 4.74 Å². The second-order valence-corrected chi connectivity index (χ2v) is 5.39. The van der Waals surface area contributed by atoms with Crippen molar-refractivity contribution in [2.24, 2.45) is 5.41 Å². The molecule has 0 saturated carbocycles. The van der Waals surface area contributed by atoms with Crippen molar-refractivity contribution >= 4 is 17.8 Å². The van der Waals surface area contributed by atoms with Gasteiger partial charge in [0.1, 0.15) is 11.2 Å². The highest BCUT2D eigenvalue weighted by Gasteiger charge is 2.38. The van der Waals surface area contributed by atoms with Gasteiger partial charge in [-0.1, -0.05) is 55.8 Å². The molecule has 0 aliphatic carbocycles. The third kappa shape index (κ3) is 5.18. The number of carbonyl (C=O) groups is 2. The second-order valence-electron chi connectivity index (χ2n) is 5.39. The number of esters is 1. The van der Waals surface area contributed by atoms with Crippen molar-refractivity contribution in [3.8, 4) is 0 Å². The number of allylic oxidation sites excluding steroid dienone is 1. The maximum absolute atomic E-state index is 12.1. The van der Waals surface area contributed by atoms with Crippen molar-refractivity contribution in [3.05, 3.63) is 42.0 Å². The zero-order valence-electron chi connectivity index (χ0n) is 13.1. The van der Waals surface area contributed by atoms with Crippen LogP contribution >= 0.6 is 0 Å². The van der Waals surface area contributed by atoms with Crippen LogP contribution in [0.4, 0.5) is 0 Å². The van der Waals surface area contributed by atoms with Gasteiger partial charge in [0, 0.05) is 0 Å². The highest BCUT2D eigenvalue weighted by molar-refractivity contribution is 6.02. The van der Waals surface area contributed by atoms with E-state index in [0.29, 0.717) is 13.0 Å². The third-order valence-electron chi connectivity index (χ3n) is 3.59. The average molecular weight is 288 g/mol. The Labute approximate surface area is 127 Å². The summed E-state index contributed by atoms with van der Waals surface area (Å²) in [5, 5.41) is 0. The fourth-order valence-electron chi connectivity index (χ4n) is 1.83. The van der Waals surface area contributed by atoms with E-state index in [1.807, 2.05) is 49.4 Å². The molecule has 21 heavy (non-hydrogen) atoms. The lowest BCUT2D eigenvalue weighted by Crippen LogP contribution is -2.36. The number of ether oxygens (including phenoxy) is 1. The molecule has 3 nitrogen and oxygen atoms in total. The van der Waals surface area contributed by atoms with E-state index in [-0.39, 0.29) is 5.78 Å². The van der Waals surface area contributed by atoms with E-state index in [9.17, 15) is 9.59 Å². The van der Waals surface area contributed by atoms with Gasteiger partial charge in [-0.15, -0.1) is 0 Å². The summed E-state index contributed by atoms with van der Waals surface area (Å²) in [7, 11) is 0. The first kappa shape index (κ1) is 17.2. The Hall–Kier alpha value is -1.90. The van der Waals surface area contributed by atoms with Crippen LogP contribution in [0.5, 0.6) is 0 Å². The summed E-state index contributed by atoms with van der Waals surface area (Å²) in [6, 6.07) is 9.79. The van der Waals surface area contributed by atoms with Crippen LogP contribution in [0.15, 0.2) is 36.4 Å². The zero-order chi connectivity index (χ0) is 15.7. The molecule has 0 N–H and O–H groups in total.